The highest BCUT2D eigenvalue weighted by Crippen LogP contribution is 2.08. The van der Waals surface area contributed by atoms with Gasteiger partial charge in [-0.15, -0.1) is 0 Å². The fourth-order valence-electron chi connectivity index (χ4n) is 1.95. The number of alkyl halides is 2. The summed E-state index contributed by atoms with van der Waals surface area (Å²) in [5.74, 6) is 0.805. The Kier molecular flexibility index (Phi) is 6.88. The van der Waals surface area contributed by atoms with Crippen LogP contribution in [0, 0.1) is 0 Å². The predicted molar refractivity (Wildman–Crippen MR) is 70.0 cm³/mol. The van der Waals surface area contributed by atoms with Crippen LogP contribution in [0.15, 0.2) is 0 Å². The maximum absolute atomic E-state index is 12.2. The maximum Gasteiger partial charge on any atom is 0.251 e. The van der Waals surface area contributed by atoms with Gasteiger partial charge >= 0.3 is 0 Å². The smallest absolute Gasteiger partial charge is 0.251 e. The van der Waals surface area contributed by atoms with Crippen molar-refractivity contribution in [2.45, 2.75) is 18.9 Å². The molecule has 1 rings (SSSR count). The Labute approximate surface area is 111 Å². The van der Waals surface area contributed by atoms with E-state index in [0.717, 1.165) is 5.75 Å². The minimum Gasteiger partial charge on any atom is -0.339 e. The van der Waals surface area contributed by atoms with E-state index >= 15 is 0 Å². The molecule has 0 unspecified atom stereocenters. The molecule has 1 aliphatic rings. The quantitative estimate of drug-likeness (QED) is 0.769. The zero-order valence-corrected chi connectivity index (χ0v) is 11.5. The fourth-order valence-corrected chi connectivity index (χ4v) is 2.44. The number of carbonyl (C=O) groups is 1. The number of halogens is 2. The third-order valence-electron chi connectivity index (χ3n) is 3.03. The summed E-state index contributed by atoms with van der Waals surface area (Å²) in [5, 5.41) is 0. The van der Waals surface area contributed by atoms with Gasteiger partial charge in [0.05, 0.1) is 12.6 Å². The van der Waals surface area contributed by atoms with Crippen molar-refractivity contribution in [2.24, 2.45) is 5.73 Å². The average molecular weight is 281 g/mol. The van der Waals surface area contributed by atoms with Crippen LogP contribution in [-0.4, -0.2) is 72.9 Å². The first-order valence-electron chi connectivity index (χ1n) is 6.08. The summed E-state index contributed by atoms with van der Waals surface area (Å²) in [6.07, 6.45) is 0.327. The van der Waals surface area contributed by atoms with E-state index in [-0.39, 0.29) is 12.5 Å². The number of rotatable bonds is 6. The van der Waals surface area contributed by atoms with E-state index < -0.39 is 12.5 Å². The van der Waals surface area contributed by atoms with Gasteiger partial charge in [-0.2, -0.15) is 11.8 Å². The first-order valence-corrected chi connectivity index (χ1v) is 7.47. The van der Waals surface area contributed by atoms with Crippen LogP contribution in [0.2, 0.25) is 0 Å². The van der Waals surface area contributed by atoms with Crippen LogP contribution in [0.5, 0.6) is 0 Å². The SMILES string of the molecule is CSCC[C@H](N)C(=O)N1CCN(CC(F)F)CC1. The molecule has 1 saturated heterocycles. The van der Waals surface area contributed by atoms with Crippen molar-refractivity contribution in [3.8, 4) is 0 Å². The van der Waals surface area contributed by atoms with E-state index in [0.29, 0.717) is 32.6 Å². The Morgan fingerprint density at radius 3 is 2.44 bits per heavy atom. The van der Waals surface area contributed by atoms with Crippen molar-refractivity contribution in [3.05, 3.63) is 0 Å². The number of piperazine rings is 1. The Hall–Kier alpha value is -0.400. The molecule has 0 aromatic rings. The molecule has 4 nitrogen and oxygen atoms in total. The zero-order valence-electron chi connectivity index (χ0n) is 10.6. The standard InChI is InChI=1S/C11H21F2N3OS/c1-18-7-2-9(14)11(17)16-5-3-15(4-6-16)8-10(12)13/h9-10H,2-8,14H2,1H3/t9-/m0/s1. The minimum absolute atomic E-state index is 0.0549. The summed E-state index contributed by atoms with van der Waals surface area (Å²) in [7, 11) is 0. The lowest BCUT2D eigenvalue weighted by molar-refractivity contribution is -0.134. The summed E-state index contributed by atoms with van der Waals surface area (Å²) in [6, 6.07) is -0.459. The zero-order chi connectivity index (χ0) is 13.5. The number of thioether (sulfide) groups is 1. The van der Waals surface area contributed by atoms with Crippen molar-refractivity contribution in [1.29, 1.82) is 0 Å². The van der Waals surface area contributed by atoms with Gasteiger partial charge < -0.3 is 10.6 Å². The van der Waals surface area contributed by atoms with Gasteiger partial charge in [0, 0.05) is 26.2 Å². The Morgan fingerprint density at radius 2 is 1.94 bits per heavy atom. The van der Waals surface area contributed by atoms with Crippen LogP contribution in [0.1, 0.15) is 6.42 Å². The van der Waals surface area contributed by atoms with E-state index in [1.54, 1.807) is 21.6 Å². The summed E-state index contributed by atoms with van der Waals surface area (Å²) >= 11 is 1.66. The lowest BCUT2D eigenvalue weighted by Gasteiger charge is -2.35. The van der Waals surface area contributed by atoms with E-state index in [2.05, 4.69) is 0 Å². The molecular formula is C11H21F2N3OS. The van der Waals surface area contributed by atoms with Crippen molar-refractivity contribution in [3.63, 3.8) is 0 Å². The average Bonchev–Trinajstić information content (AvgIpc) is 2.35. The Balaban J connectivity index is 2.31. The predicted octanol–water partition coefficient (Wildman–Crippen LogP) is 0.476. The van der Waals surface area contributed by atoms with Gasteiger partial charge in [-0.05, 0) is 18.4 Å². The van der Waals surface area contributed by atoms with Gasteiger partial charge in [-0.25, -0.2) is 8.78 Å². The van der Waals surface area contributed by atoms with E-state index in [1.807, 2.05) is 6.26 Å². The van der Waals surface area contributed by atoms with Crippen molar-refractivity contribution < 1.29 is 13.6 Å². The van der Waals surface area contributed by atoms with Crippen molar-refractivity contribution in [1.82, 2.24) is 9.80 Å². The van der Waals surface area contributed by atoms with Gasteiger partial charge in [0.1, 0.15) is 0 Å². The number of amides is 1. The first kappa shape index (κ1) is 15.7. The Morgan fingerprint density at radius 1 is 1.33 bits per heavy atom. The van der Waals surface area contributed by atoms with Crippen molar-refractivity contribution in [2.75, 3.05) is 44.7 Å². The second-order valence-corrected chi connectivity index (χ2v) is 5.39. The molecule has 2 N–H and O–H groups in total. The molecule has 1 heterocycles. The molecule has 0 saturated carbocycles. The molecule has 1 amide bonds. The fraction of sp³-hybridized carbons (Fsp3) is 0.909. The normalized spacial score (nSPS) is 19.3. The number of nitrogens with zero attached hydrogens (tertiary/aromatic N) is 2. The molecule has 0 spiro atoms. The van der Waals surface area contributed by atoms with Gasteiger partial charge in [0.15, 0.2) is 0 Å². The van der Waals surface area contributed by atoms with E-state index in [4.69, 9.17) is 5.73 Å². The monoisotopic (exact) mass is 281 g/mol. The molecule has 106 valence electrons. The molecule has 0 radical (unpaired) electrons. The molecule has 1 aliphatic heterocycles. The van der Waals surface area contributed by atoms with E-state index in [1.165, 1.54) is 0 Å². The van der Waals surface area contributed by atoms with Crippen LogP contribution < -0.4 is 5.73 Å². The third-order valence-corrected chi connectivity index (χ3v) is 3.67. The second kappa shape index (κ2) is 7.91. The van der Waals surface area contributed by atoms with Crippen LogP contribution in [0.4, 0.5) is 8.78 Å². The topological polar surface area (TPSA) is 49.6 Å². The lowest BCUT2D eigenvalue weighted by Crippen LogP contribution is -2.53. The van der Waals surface area contributed by atoms with Crippen LogP contribution in [0.3, 0.4) is 0 Å². The molecule has 7 heteroatoms. The van der Waals surface area contributed by atoms with Gasteiger partial charge in [-0.3, -0.25) is 9.69 Å². The molecule has 0 aliphatic carbocycles. The molecule has 0 aromatic carbocycles. The molecule has 0 bridgehead atoms. The molecule has 0 aromatic heterocycles. The summed E-state index contributed by atoms with van der Waals surface area (Å²) in [6.45, 7) is 1.80. The second-order valence-electron chi connectivity index (χ2n) is 4.40. The number of hydrogen-bond donors (Lipinski definition) is 1. The van der Waals surface area contributed by atoms with Crippen LogP contribution in [-0.2, 0) is 4.79 Å². The van der Waals surface area contributed by atoms with Gasteiger partial charge in [0.25, 0.3) is 6.43 Å². The van der Waals surface area contributed by atoms with Crippen LogP contribution >= 0.6 is 11.8 Å². The maximum atomic E-state index is 12.2. The Bertz CT molecular complexity index is 261. The largest absolute Gasteiger partial charge is 0.339 e. The number of carbonyl (C=O) groups excluding carboxylic acids is 1. The van der Waals surface area contributed by atoms with Crippen molar-refractivity contribution >= 4 is 17.7 Å². The molecule has 1 atom stereocenters. The highest BCUT2D eigenvalue weighted by molar-refractivity contribution is 7.98. The number of nitrogens with two attached hydrogens (primary N) is 1. The van der Waals surface area contributed by atoms with Gasteiger partial charge in [-0.1, -0.05) is 0 Å². The lowest BCUT2D eigenvalue weighted by atomic mass is 10.2. The minimum atomic E-state index is -2.31. The van der Waals surface area contributed by atoms with Crippen LogP contribution in [0.25, 0.3) is 0 Å². The van der Waals surface area contributed by atoms with E-state index in [9.17, 15) is 13.6 Å². The highest BCUT2D eigenvalue weighted by Gasteiger charge is 2.25. The summed E-state index contributed by atoms with van der Waals surface area (Å²) in [4.78, 5) is 15.3. The number of hydrogen-bond acceptors (Lipinski definition) is 4. The summed E-state index contributed by atoms with van der Waals surface area (Å²) in [5.41, 5.74) is 5.81. The molecular weight excluding hydrogens is 260 g/mol. The molecule has 1 fully saturated rings. The highest BCUT2D eigenvalue weighted by atomic mass is 32.2. The first-order chi connectivity index (χ1) is 8.54. The third kappa shape index (κ3) is 5.07. The summed E-state index contributed by atoms with van der Waals surface area (Å²) < 4.78 is 24.4. The van der Waals surface area contributed by atoms with Gasteiger partial charge in [0.2, 0.25) is 5.91 Å². The molecule has 18 heavy (non-hydrogen) atoms.